The zero-order valence-electron chi connectivity index (χ0n) is 21.8. The predicted molar refractivity (Wildman–Crippen MR) is 148 cm³/mol. The molecule has 7 heteroatoms. The van der Waals surface area contributed by atoms with Crippen LogP contribution in [0.2, 0.25) is 0 Å². The van der Waals surface area contributed by atoms with Gasteiger partial charge >= 0.3 is 0 Å². The maximum atomic E-state index is 9.31. The number of benzene rings is 2. The van der Waals surface area contributed by atoms with Crippen LogP contribution >= 0.6 is 0 Å². The monoisotopic (exact) mass is 485 g/mol. The van der Waals surface area contributed by atoms with Gasteiger partial charge in [0.15, 0.2) is 11.7 Å². The minimum Gasteiger partial charge on any atom is -0.245 e. The summed E-state index contributed by atoms with van der Waals surface area (Å²) in [5, 5.41) is 18.6. The van der Waals surface area contributed by atoms with Gasteiger partial charge in [-0.05, 0) is 41.5 Å². The van der Waals surface area contributed by atoms with Crippen LogP contribution in [0.25, 0.3) is 11.1 Å². The second kappa shape index (κ2) is 8.50. The zero-order valence-corrected chi connectivity index (χ0v) is 21.8. The molecule has 0 amide bonds. The molecular formula is C30H27N7. The van der Waals surface area contributed by atoms with Crippen molar-refractivity contribution in [2.24, 2.45) is 30.8 Å². The van der Waals surface area contributed by atoms with Gasteiger partial charge in [-0.2, -0.15) is 20.5 Å². The fourth-order valence-electron chi connectivity index (χ4n) is 4.13. The molecule has 7 nitrogen and oxygen atoms in total. The molecule has 3 aliphatic heterocycles. The summed E-state index contributed by atoms with van der Waals surface area (Å²) in [4.78, 5) is 21.8. The predicted octanol–water partition coefficient (Wildman–Crippen LogP) is 6.17. The molecule has 3 aliphatic rings. The normalized spacial score (nSPS) is 17.0. The fraction of sp³-hybridized carbons (Fsp3) is 0.267. The summed E-state index contributed by atoms with van der Waals surface area (Å²) >= 11 is 0. The van der Waals surface area contributed by atoms with Crippen LogP contribution in [0.4, 0.5) is 0 Å². The summed E-state index contributed by atoms with van der Waals surface area (Å²) in [6.45, 7) is 12.5. The molecule has 5 rings (SSSR count). The first-order chi connectivity index (χ1) is 17.5. The molecule has 182 valence electrons. The molecule has 0 saturated carbocycles. The lowest BCUT2D eigenvalue weighted by molar-refractivity contribution is 0.565. The first-order valence-corrected chi connectivity index (χ1v) is 12.1. The maximum absolute atomic E-state index is 9.31. The van der Waals surface area contributed by atoms with E-state index in [9.17, 15) is 10.5 Å². The van der Waals surface area contributed by atoms with Crippen LogP contribution < -0.4 is 0 Å². The van der Waals surface area contributed by atoms with Gasteiger partial charge in [0, 0.05) is 22.0 Å². The third-order valence-corrected chi connectivity index (χ3v) is 6.22. The Morgan fingerprint density at radius 3 is 1.68 bits per heavy atom. The average Bonchev–Trinajstić information content (AvgIpc) is 2.87. The maximum Gasteiger partial charge on any atom is 0.240 e. The van der Waals surface area contributed by atoms with Crippen molar-refractivity contribution in [1.29, 1.82) is 10.5 Å². The highest BCUT2D eigenvalue weighted by atomic mass is 15.4. The van der Waals surface area contributed by atoms with E-state index in [-0.39, 0.29) is 10.8 Å². The lowest BCUT2D eigenvalue weighted by Crippen LogP contribution is -2.46. The van der Waals surface area contributed by atoms with Gasteiger partial charge in [-0.15, -0.1) is 0 Å². The summed E-state index contributed by atoms with van der Waals surface area (Å²) < 4.78 is 0. The SMILES string of the molecule is CC(C)(C)C1=NC2=NC(C(C)(C)C)=NC3=C(c4ccc(C#N)cc4)C=C(c4ccc(C#N)cc4)C(=N1)N23. The molecule has 0 saturated heterocycles. The molecule has 0 bridgehead atoms. The number of amidine groups is 3. The molecule has 0 aromatic heterocycles. The Bertz CT molecular complexity index is 1570. The first kappa shape index (κ1) is 24.1. The van der Waals surface area contributed by atoms with E-state index in [4.69, 9.17) is 20.0 Å². The largest absolute Gasteiger partial charge is 0.245 e. The van der Waals surface area contributed by atoms with E-state index < -0.39 is 0 Å². The molecule has 0 spiro atoms. The lowest BCUT2D eigenvalue weighted by atomic mass is 9.90. The van der Waals surface area contributed by atoms with Crippen LogP contribution in [0.1, 0.15) is 63.8 Å². The van der Waals surface area contributed by atoms with Crippen molar-refractivity contribution in [3.05, 3.63) is 82.7 Å². The summed E-state index contributed by atoms with van der Waals surface area (Å²) in [5.74, 6) is 3.32. The second-order valence-electron chi connectivity index (χ2n) is 11.2. The number of guanidine groups is 1. The van der Waals surface area contributed by atoms with E-state index in [0.29, 0.717) is 40.4 Å². The smallest absolute Gasteiger partial charge is 0.240 e. The molecule has 0 fully saturated rings. The van der Waals surface area contributed by atoms with Crippen LogP contribution in [0.3, 0.4) is 0 Å². The van der Waals surface area contributed by atoms with Crippen molar-refractivity contribution < 1.29 is 0 Å². The number of hydrogen-bond acceptors (Lipinski definition) is 7. The Morgan fingerprint density at radius 2 is 1.16 bits per heavy atom. The van der Waals surface area contributed by atoms with Gasteiger partial charge in [0.05, 0.1) is 23.3 Å². The van der Waals surface area contributed by atoms with E-state index in [2.05, 4.69) is 59.8 Å². The summed E-state index contributed by atoms with van der Waals surface area (Å²) in [6.07, 6.45) is 2.09. The number of nitrogens with zero attached hydrogens (tertiary/aromatic N) is 7. The highest BCUT2D eigenvalue weighted by molar-refractivity contribution is 6.36. The van der Waals surface area contributed by atoms with Crippen molar-refractivity contribution in [3.63, 3.8) is 0 Å². The highest BCUT2D eigenvalue weighted by Crippen LogP contribution is 2.40. The first-order valence-electron chi connectivity index (χ1n) is 12.1. The Balaban J connectivity index is 1.83. The Kier molecular flexibility index (Phi) is 5.53. The van der Waals surface area contributed by atoms with Gasteiger partial charge in [0.1, 0.15) is 11.7 Å². The van der Waals surface area contributed by atoms with Crippen LogP contribution in [0.5, 0.6) is 0 Å². The average molecular weight is 486 g/mol. The van der Waals surface area contributed by atoms with E-state index >= 15 is 0 Å². The lowest BCUT2D eigenvalue weighted by Gasteiger charge is -2.38. The number of hydrogen-bond donors (Lipinski definition) is 0. The van der Waals surface area contributed by atoms with Crippen LogP contribution in [-0.4, -0.2) is 28.4 Å². The second-order valence-corrected chi connectivity index (χ2v) is 11.2. The third-order valence-electron chi connectivity index (χ3n) is 6.22. The van der Waals surface area contributed by atoms with Crippen LogP contribution in [0, 0.1) is 33.5 Å². The van der Waals surface area contributed by atoms with Crippen molar-refractivity contribution in [1.82, 2.24) is 4.90 Å². The zero-order chi connectivity index (χ0) is 26.5. The number of rotatable bonds is 2. The van der Waals surface area contributed by atoms with Gasteiger partial charge in [-0.3, -0.25) is 0 Å². The Hall–Kier alpha value is -4.62. The van der Waals surface area contributed by atoms with Crippen LogP contribution in [-0.2, 0) is 0 Å². The van der Waals surface area contributed by atoms with Gasteiger partial charge in [-0.1, -0.05) is 65.8 Å². The summed E-state index contributed by atoms with van der Waals surface area (Å²) in [6, 6.07) is 19.3. The number of aliphatic imine (C=N–C) groups is 4. The molecule has 2 aromatic rings. The van der Waals surface area contributed by atoms with Gasteiger partial charge in [0.2, 0.25) is 5.96 Å². The number of allylic oxidation sites excluding steroid dienone is 2. The van der Waals surface area contributed by atoms with Gasteiger partial charge < -0.3 is 0 Å². The van der Waals surface area contributed by atoms with Gasteiger partial charge in [-0.25, -0.2) is 14.9 Å². The van der Waals surface area contributed by atoms with Crippen molar-refractivity contribution in [2.45, 2.75) is 41.5 Å². The standard InChI is InChI=1S/C30H27N7/c1-29(2,3)26-33-24-22(20-11-7-18(16-31)8-12-20)15-23(21-13-9-19(17-32)10-14-21)25-34-27(30(4,5)6)36-28(35-26)37(24)25/h7-15H,1-6H3. The fourth-order valence-corrected chi connectivity index (χ4v) is 4.13. The van der Waals surface area contributed by atoms with E-state index in [1.54, 1.807) is 24.3 Å². The van der Waals surface area contributed by atoms with E-state index in [1.807, 2.05) is 29.2 Å². The Labute approximate surface area is 217 Å². The number of nitriles is 2. The van der Waals surface area contributed by atoms with Gasteiger partial charge in [0.25, 0.3) is 0 Å². The molecule has 0 N–H and O–H groups in total. The summed E-state index contributed by atoms with van der Waals surface area (Å²) in [7, 11) is 0. The molecule has 0 aliphatic carbocycles. The van der Waals surface area contributed by atoms with Crippen molar-refractivity contribution in [2.75, 3.05) is 0 Å². The molecular weight excluding hydrogens is 458 g/mol. The highest BCUT2D eigenvalue weighted by Gasteiger charge is 2.40. The van der Waals surface area contributed by atoms with E-state index in [1.165, 1.54) is 0 Å². The molecule has 37 heavy (non-hydrogen) atoms. The topological polar surface area (TPSA) is 100 Å². The quantitative estimate of drug-likeness (QED) is 0.508. The minimum absolute atomic E-state index is 0.300. The summed E-state index contributed by atoms with van der Waals surface area (Å²) in [5.41, 5.74) is 4.18. The van der Waals surface area contributed by atoms with E-state index in [0.717, 1.165) is 22.3 Å². The molecule has 0 radical (unpaired) electrons. The third kappa shape index (κ3) is 4.30. The molecule has 0 unspecified atom stereocenters. The van der Waals surface area contributed by atoms with Crippen molar-refractivity contribution in [3.8, 4) is 12.1 Å². The molecule has 3 heterocycles. The molecule has 0 atom stereocenters. The molecule has 2 aromatic carbocycles. The van der Waals surface area contributed by atoms with Crippen LogP contribution in [0.15, 0.2) is 80.4 Å². The minimum atomic E-state index is -0.300. The Morgan fingerprint density at radius 1 is 0.649 bits per heavy atom. The van der Waals surface area contributed by atoms with Crippen molar-refractivity contribution >= 4 is 34.6 Å².